The van der Waals surface area contributed by atoms with E-state index in [0.717, 1.165) is 19.6 Å². The van der Waals surface area contributed by atoms with Gasteiger partial charge in [0.05, 0.1) is 18.8 Å². The first-order valence-electron chi connectivity index (χ1n) is 9.71. The highest BCUT2D eigenvalue weighted by atomic mass is 16.5. The van der Waals surface area contributed by atoms with Crippen molar-refractivity contribution in [3.8, 4) is 12.3 Å². The molecule has 2 atom stereocenters. The molecule has 1 aromatic carbocycles. The first kappa shape index (κ1) is 21.2. The number of benzene rings is 1. The van der Waals surface area contributed by atoms with Crippen molar-refractivity contribution >= 4 is 0 Å². The highest BCUT2D eigenvalue weighted by Crippen LogP contribution is 2.11. The summed E-state index contributed by atoms with van der Waals surface area (Å²) in [7, 11) is 0. The molecule has 2 N–H and O–H groups in total. The maximum Gasteiger partial charge on any atom is 0.126 e. The van der Waals surface area contributed by atoms with Gasteiger partial charge in [-0.25, -0.2) is 0 Å². The van der Waals surface area contributed by atoms with Crippen molar-refractivity contribution in [3.63, 3.8) is 0 Å². The molecule has 1 unspecified atom stereocenters. The molecule has 0 bridgehead atoms. The Morgan fingerprint density at radius 1 is 1.19 bits per heavy atom. The standard InChI is InChI=1S/C23H32N2O2/c1-5-13-27-18-23(26)17-24(14-19(2)3)16-22-11-8-12-25(22)15-21-10-7-6-9-20(21)4/h1,6-12,19,23,26H,13-18H2,2-4H3/p+1/t23-/m1/s1. The van der Waals surface area contributed by atoms with Crippen molar-refractivity contribution in [1.82, 2.24) is 4.57 Å². The molecule has 0 radical (unpaired) electrons. The summed E-state index contributed by atoms with van der Waals surface area (Å²) in [5.74, 6) is 2.99. The van der Waals surface area contributed by atoms with Crippen LogP contribution in [0.4, 0.5) is 0 Å². The Balaban J connectivity index is 2.03. The van der Waals surface area contributed by atoms with Crippen LogP contribution in [0.5, 0.6) is 0 Å². The van der Waals surface area contributed by atoms with E-state index in [9.17, 15) is 5.11 Å². The van der Waals surface area contributed by atoms with Gasteiger partial charge in [-0.05, 0) is 30.2 Å². The second-order valence-corrected chi connectivity index (χ2v) is 7.66. The molecule has 2 aromatic rings. The molecule has 4 heteroatoms. The van der Waals surface area contributed by atoms with E-state index in [1.807, 2.05) is 0 Å². The minimum Gasteiger partial charge on any atom is -0.385 e. The van der Waals surface area contributed by atoms with Gasteiger partial charge < -0.3 is 19.3 Å². The SMILES string of the molecule is C#CCOC[C@H](O)C[NH+](Cc1cccn1Cc1ccccc1C)CC(C)C. The molecule has 0 saturated carbocycles. The molecule has 146 valence electrons. The molecule has 1 heterocycles. The summed E-state index contributed by atoms with van der Waals surface area (Å²) in [6.07, 6.45) is 6.83. The Morgan fingerprint density at radius 3 is 2.67 bits per heavy atom. The van der Waals surface area contributed by atoms with E-state index in [4.69, 9.17) is 11.2 Å². The quantitative estimate of drug-likeness (QED) is 0.469. The number of nitrogens with one attached hydrogen (secondary N) is 1. The van der Waals surface area contributed by atoms with Gasteiger partial charge in [0.1, 0.15) is 25.8 Å². The van der Waals surface area contributed by atoms with Gasteiger partial charge in [0.15, 0.2) is 0 Å². The summed E-state index contributed by atoms with van der Waals surface area (Å²) in [6, 6.07) is 12.8. The van der Waals surface area contributed by atoms with E-state index in [0.29, 0.717) is 12.5 Å². The molecule has 0 spiro atoms. The van der Waals surface area contributed by atoms with Crippen molar-refractivity contribution in [2.24, 2.45) is 5.92 Å². The molecule has 0 aliphatic heterocycles. The molecule has 27 heavy (non-hydrogen) atoms. The Labute approximate surface area is 163 Å². The number of hydrogen-bond acceptors (Lipinski definition) is 2. The summed E-state index contributed by atoms with van der Waals surface area (Å²) < 4.78 is 7.61. The molecule has 0 amide bonds. The van der Waals surface area contributed by atoms with Crippen LogP contribution in [0.1, 0.15) is 30.7 Å². The zero-order valence-corrected chi connectivity index (χ0v) is 16.8. The van der Waals surface area contributed by atoms with Gasteiger partial charge in [0.25, 0.3) is 0 Å². The number of aromatic nitrogens is 1. The van der Waals surface area contributed by atoms with E-state index >= 15 is 0 Å². The van der Waals surface area contributed by atoms with Gasteiger partial charge >= 0.3 is 0 Å². The van der Waals surface area contributed by atoms with Crippen molar-refractivity contribution in [2.45, 2.75) is 40.0 Å². The first-order valence-corrected chi connectivity index (χ1v) is 9.71. The third-order valence-electron chi connectivity index (χ3n) is 4.67. The first-order chi connectivity index (χ1) is 13.0. The van der Waals surface area contributed by atoms with Crippen LogP contribution >= 0.6 is 0 Å². The van der Waals surface area contributed by atoms with Gasteiger partial charge in [-0.2, -0.15) is 0 Å². The van der Waals surface area contributed by atoms with E-state index in [-0.39, 0.29) is 13.2 Å². The molecule has 4 nitrogen and oxygen atoms in total. The third-order valence-corrected chi connectivity index (χ3v) is 4.67. The van der Waals surface area contributed by atoms with E-state index in [1.54, 1.807) is 0 Å². The normalized spacial score (nSPS) is 13.5. The fraction of sp³-hybridized carbons (Fsp3) is 0.478. The number of rotatable bonds is 11. The number of ether oxygens (including phenoxy) is 1. The maximum absolute atomic E-state index is 10.3. The molecule has 0 saturated heterocycles. The second kappa shape index (κ2) is 10.9. The van der Waals surface area contributed by atoms with Crippen LogP contribution < -0.4 is 4.90 Å². The number of aliphatic hydroxyl groups excluding tert-OH is 1. The van der Waals surface area contributed by atoms with Gasteiger partial charge in [-0.3, -0.25) is 0 Å². The lowest BCUT2D eigenvalue weighted by atomic mass is 10.1. The molecule has 2 rings (SSSR count). The lowest BCUT2D eigenvalue weighted by Gasteiger charge is -2.24. The summed E-state index contributed by atoms with van der Waals surface area (Å²) in [5, 5.41) is 10.3. The van der Waals surface area contributed by atoms with Gasteiger partial charge in [0.2, 0.25) is 0 Å². The highest BCUT2D eigenvalue weighted by molar-refractivity contribution is 5.26. The summed E-state index contributed by atoms with van der Waals surface area (Å²) >= 11 is 0. The average molecular weight is 370 g/mol. The lowest BCUT2D eigenvalue weighted by molar-refractivity contribution is -0.920. The largest absolute Gasteiger partial charge is 0.385 e. The Bertz CT molecular complexity index is 730. The summed E-state index contributed by atoms with van der Waals surface area (Å²) in [6.45, 7) is 10.5. The Hall–Kier alpha value is -2.06. The fourth-order valence-electron chi connectivity index (χ4n) is 3.44. The van der Waals surface area contributed by atoms with Crippen LogP contribution in [0.25, 0.3) is 0 Å². The molecule has 0 aliphatic rings. The van der Waals surface area contributed by atoms with E-state index < -0.39 is 6.10 Å². The van der Waals surface area contributed by atoms with Crippen molar-refractivity contribution in [3.05, 3.63) is 59.4 Å². The topological polar surface area (TPSA) is 38.8 Å². The monoisotopic (exact) mass is 369 g/mol. The molecular formula is C23H33N2O2+. The number of nitrogens with zero attached hydrogens (tertiary/aromatic N) is 1. The zero-order chi connectivity index (χ0) is 19.6. The third kappa shape index (κ3) is 7.22. The molecular weight excluding hydrogens is 336 g/mol. The maximum atomic E-state index is 10.3. The van der Waals surface area contributed by atoms with Gasteiger partial charge in [0, 0.05) is 18.7 Å². The smallest absolute Gasteiger partial charge is 0.126 e. The Kier molecular flexibility index (Phi) is 8.60. The number of hydrogen-bond donors (Lipinski definition) is 2. The fourth-order valence-corrected chi connectivity index (χ4v) is 3.44. The van der Waals surface area contributed by atoms with E-state index in [1.165, 1.54) is 21.7 Å². The number of aryl methyl sites for hydroxylation is 1. The van der Waals surface area contributed by atoms with Gasteiger partial charge in [-0.1, -0.05) is 44.0 Å². The average Bonchev–Trinajstić information content (AvgIpc) is 3.03. The molecule has 0 fully saturated rings. The predicted molar refractivity (Wildman–Crippen MR) is 110 cm³/mol. The van der Waals surface area contributed by atoms with Gasteiger partial charge in [-0.15, -0.1) is 6.42 Å². The van der Waals surface area contributed by atoms with Crippen molar-refractivity contribution < 1.29 is 14.7 Å². The lowest BCUT2D eigenvalue weighted by Crippen LogP contribution is -3.12. The van der Waals surface area contributed by atoms with Crippen molar-refractivity contribution in [2.75, 3.05) is 26.3 Å². The minimum atomic E-state index is -0.508. The summed E-state index contributed by atoms with van der Waals surface area (Å²) in [4.78, 5) is 1.35. The van der Waals surface area contributed by atoms with Crippen LogP contribution in [0.15, 0.2) is 42.6 Å². The van der Waals surface area contributed by atoms with Crippen LogP contribution in [0, 0.1) is 25.2 Å². The Morgan fingerprint density at radius 2 is 1.96 bits per heavy atom. The minimum absolute atomic E-state index is 0.246. The van der Waals surface area contributed by atoms with Crippen molar-refractivity contribution in [1.29, 1.82) is 0 Å². The van der Waals surface area contributed by atoms with Crippen LogP contribution in [0.2, 0.25) is 0 Å². The second-order valence-electron chi connectivity index (χ2n) is 7.66. The highest BCUT2D eigenvalue weighted by Gasteiger charge is 2.19. The zero-order valence-electron chi connectivity index (χ0n) is 16.8. The van der Waals surface area contributed by atoms with Crippen LogP contribution in [-0.2, 0) is 17.8 Å². The number of aliphatic hydroxyl groups is 1. The number of quaternary nitrogens is 1. The molecule has 1 aromatic heterocycles. The van der Waals surface area contributed by atoms with Crippen LogP contribution in [0.3, 0.4) is 0 Å². The summed E-state index contributed by atoms with van der Waals surface area (Å²) in [5.41, 5.74) is 3.93. The van der Waals surface area contributed by atoms with Crippen LogP contribution in [-0.4, -0.2) is 42.1 Å². The van der Waals surface area contributed by atoms with E-state index in [2.05, 4.69) is 73.9 Å². The number of terminal acetylenes is 1. The predicted octanol–water partition coefficient (Wildman–Crippen LogP) is 1.90. The molecule has 0 aliphatic carbocycles.